The fraction of sp³-hybridized carbons (Fsp3) is 0.500. The molecule has 1 aromatic carbocycles. The zero-order valence-corrected chi connectivity index (χ0v) is 18.7. The standard InChI is InChI=1S/C18H25F3N6O.HI/c1-3-16-26-25-13-27(16)11-9-23-17(22-4-2)24-10-12-28-15-7-5-14(6-8-15)18(19,20)21;/h5-8,13H,3-4,9-12H2,1-2H3,(H2,22,23,24);1H. The molecule has 11 heteroatoms. The van der Waals surface area contributed by atoms with Crippen LogP contribution in [-0.4, -0.2) is 47.0 Å². The van der Waals surface area contributed by atoms with E-state index in [1.165, 1.54) is 12.1 Å². The number of nitrogens with zero attached hydrogens (tertiary/aromatic N) is 4. The van der Waals surface area contributed by atoms with Crippen molar-refractivity contribution < 1.29 is 17.9 Å². The molecule has 0 radical (unpaired) electrons. The van der Waals surface area contributed by atoms with Crippen molar-refractivity contribution in [3.05, 3.63) is 42.0 Å². The van der Waals surface area contributed by atoms with Crippen molar-refractivity contribution in [1.29, 1.82) is 0 Å². The fourth-order valence-electron chi connectivity index (χ4n) is 2.43. The molecule has 7 nitrogen and oxygen atoms in total. The first-order valence-corrected chi connectivity index (χ1v) is 9.13. The van der Waals surface area contributed by atoms with Crippen molar-refractivity contribution in [3.63, 3.8) is 0 Å². The highest BCUT2D eigenvalue weighted by Gasteiger charge is 2.29. The van der Waals surface area contributed by atoms with E-state index in [-0.39, 0.29) is 24.0 Å². The van der Waals surface area contributed by atoms with Gasteiger partial charge in [0.1, 0.15) is 24.5 Å². The molecular formula is C18H26F3IN6O. The van der Waals surface area contributed by atoms with Crippen LogP contribution in [0.2, 0.25) is 0 Å². The van der Waals surface area contributed by atoms with Crippen LogP contribution in [-0.2, 0) is 19.1 Å². The molecule has 0 saturated carbocycles. The minimum atomic E-state index is -4.35. The normalized spacial score (nSPS) is 11.7. The third kappa shape index (κ3) is 8.46. The number of hydrogen-bond donors (Lipinski definition) is 2. The summed E-state index contributed by atoms with van der Waals surface area (Å²) in [7, 11) is 0. The average Bonchev–Trinajstić information content (AvgIpc) is 3.12. The van der Waals surface area contributed by atoms with Crippen LogP contribution in [0, 0.1) is 0 Å². The zero-order chi connectivity index (χ0) is 20.4. The molecule has 0 spiro atoms. The second kappa shape index (κ2) is 12.5. The predicted molar refractivity (Wildman–Crippen MR) is 116 cm³/mol. The average molecular weight is 526 g/mol. The Balaban J connectivity index is 0.00000420. The summed E-state index contributed by atoms with van der Waals surface area (Å²) < 4.78 is 45.0. The fourth-order valence-corrected chi connectivity index (χ4v) is 2.43. The Morgan fingerprint density at radius 3 is 2.52 bits per heavy atom. The number of halogens is 4. The third-order valence-electron chi connectivity index (χ3n) is 3.81. The number of guanidine groups is 1. The van der Waals surface area contributed by atoms with Gasteiger partial charge in [0.25, 0.3) is 0 Å². The number of hydrogen-bond acceptors (Lipinski definition) is 4. The van der Waals surface area contributed by atoms with Crippen molar-refractivity contribution in [2.24, 2.45) is 4.99 Å². The van der Waals surface area contributed by atoms with E-state index in [0.29, 0.717) is 44.5 Å². The maximum absolute atomic E-state index is 12.5. The Morgan fingerprint density at radius 1 is 1.17 bits per heavy atom. The lowest BCUT2D eigenvalue weighted by Gasteiger charge is -2.13. The monoisotopic (exact) mass is 526 g/mol. The molecule has 0 aliphatic heterocycles. The van der Waals surface area contributed by atoms with E-state index in [0.717, 1.165) is 24.4 Å². The van der Waals surface area contributed by atoms with E-state index < -0.39 is 11.7 Å². The number of ether oxygens (including phenoxy) is 1. The zero-order valence-electron chi connectivity index (χ0n) is 16.4. The summed E-state index contributed by atoms with van der Waals surface area (Å²) in [6, 6.07) is 4.63. The van der Waals surface area contributed by atoms with Crippen LogP contribution in [0.3, 0.4) is 0 Å². The van der Waals surface area contributed by atoms with Gasteiger partial charge in [-0.05, 0) is 31.2 Å². The number of aryl methyl sites for hydroxylation is 1. The van der Waals surface area contributed by atoms with Crippen LogP contribution < -0.4 is 15.4 Å². The second-order valence-corrected chi connectivity index (χ2v) is 5.85. The molecular weight excluding hydrogens is 500 g/mol. The smallest absolute Gasteiger partial charge is 0.416 e. The van der Waals surface area contributed by atoms with Crippen LogP contribution in [0.25, 0.3) is 0 Å². The van der Waals surface area contributed by atoms with Gasteiger partial charge in [0, 0.05) is 19.5 Å². The number of benzene rings is 1. The highest BCUT2D eigenvalue weighted by molar-refractivity contribution is 14.0. The molecule has 2 rings (SSSR count). The molecule has 1 heterocycles. The molecule has 0 aliphatic rings. The molecule has 0 aliphatic carbocycles. The summed E-state index contributed by atoms with van der Waals surface area (Å²) in [5.74, 6) is 1.94. The molecule has 0 saturated heterocycles. The molecule has 162 valence electrons. The number of aromatic nitrogens is 3. The van der Waals surface area contributed by atoms with E-state index in [9.17, 15) is 13.2 Å². The molecule has 29 heavy (non-hydrogen) atoms. The number of aliphatic imine (C=N–C) groups is 1. The van der Waals surface area contributed by atoms with Crippen LogP contribution in [0.4, 0.5) is 13.2 Å². The first-order chi connectivity index (χ1) is 13.4. The maximum atomic E-state index is 12.5. The first-order valence-electron chi connectivity index (χ1n) is 9.13. The van der Waals surface area contributed by atoms with Gasteiger partial charge in [-0.1, -0.05) is 6.92 Å². The van der Waals surface area contributed by atoms with Crippen LogP contribution in [0.1, 0.15) is 25.2 Å². The van der Waals surface area contributed by atoms with E-state index in [2.05, 4.69) is 25.8 Å². The van der Waals surface area contributed by atoms with Gasteiger partial charge in [-0.25, -0.2) is 0 Å². The lowest BCUT2D eigenvalue weighted by atomic mass is 10.2. The van der Waals surface area contributed by atoms with Gasteiger partial charge in [-0.3, -0.25) is 4.99 Å². The van der Waals surface area contributed by atoms with Gasteiger partial charge >= 0.3 is 6.18 Å². The van der Waals surface area contributed by atoms with E-state index >= 15 is 0 Å². The van der Waals surface area contributed by atoms with Crippen LogP contribution >= 0.6 is 24.0 Å². The maximum Gasteiger partial charge on any atom is 0.416 e. The van der Waals surface area contributed by atoms with Crippen molar-refractivity contribution in [2.75, 3.05) is 26.2 Å². The molecule has 0 bridgehead atoms. The Labute approximate surface area is 185 Å². The lowest BCUT2D eigenvalue weighted by Crippen LogP contribution is -2.39. The highest BCUT2D eigenvalue weighted by atomic mass is 127. The molecule has 2 aromatic rings. The van der Waals surface area contributed by atoms with Gasteiger partial charge in [-0.2, -0.15) is 13.2 Å². The highest BCUT2D eigenvalue weighted by Crippen LogP contribution is 2.30. The van der Waals surface area contributed by atoms with Gasteiger partial charge in [0.15, 0.2) is 5.96 Å². The van der Waals surface area contributed by atoms with Crippen molar-refractivity contribution in [3.8, 4) is 5.75 Å². The minimum Gasteiger partial charge on any atom is -0.492 e. The number of alkyl halides is 3. The first kappa shape index (κ1) is 25.0. The van der Waals surface area contributed by atoms with Gasteiger partial charge in [0.2, 0.25) is 0 Å². The summed E-state index contributed by atoms with van der Waals surface area (Å²) in [5.41, 5.74) is -0.695. The van der Waals surface area contributed by atoms with Crippen molar-refractivity contribution in [1.82, 2.24) is 25.4 Å². The summed E-state index contributed by atoms with van der Waals surface area (Å²) in [5, 5.41) is 14.2. The molecule has 1 aromatic heterocycles. The molecule has 0 unspecified atom stereocenters. The van der Waals surface area contributed by atoms with Crippen LogP contribution in [0.15, 0.2) is 35.6 Å². The van der Waals surface area contributed by atoms with Crippen molar-refractivity contribution >= 4 is 29.9 Å². The quantitative estimate of drug-likeness (QED) is 0.228. The minimum absolute atomic E-state index is 0. The predicted octanol–water partition coefficient (Wildman–Crippen LogP) is 3.11. The molecule has 2 N–H and O–H groups in total. The topological polar surface area (TPSA) is 76.4 Å². The number of nitrogens with one attached hydrogen (secondary N) is 2. The lowest BCUT2D eigenvalue weighted by molar-refractivity contribution is -0.137. The Hall–Kier alpha value is -2.05. The summed E-state index contributed by atoms with van der Waals surface area (Å²) in [4.78, 5) is 4.48. The molecule has 0 fully saturated rings. The Morgan fingerprint density at radius 2 is 1.90 bits per heavy atom. The Bertz CT molecular complexity index is 749. The summed E-state index contributed by atoms with van der Waals surface area (Å²) >= 11 is 0. The SMILES string of the molecule is CCNC(=NCCn1cnnc1CC)NCCOc1ccc(C(F)(F)F)cc1.I. The molecule has 0 amide bonds. The van der Waals surface area contributed by atoms with Gasteiger partial charge in [-0.15, -0.1) is 34.2 Å². The third-order valence-corrected chi connectivity index (χ3v) is 3.81. The van der Waals surface area contributed by atoms with E-state index in [1.807, 2.05) is 18.4 Å². The Kier molecular flexibility index (Phi) is 10.8. The summed E-state index contributed by atoms with van der Waals surface area (Å²) in [6.45, 7) is 6.67. The van der Waals surface area contributed by atoms with Crippen molar-refractivity contribution in [2.45, 2.75) is 33.0 Å². The molecule has 0 atom stereocenters. The van der Waals surface area contributed by atoms with E-state index in [4.69, 9.17) is 4.74 Å². The number of rotatable bonds is 9. The van der Waals surface area contributed by atoms with Gasteiger partial charge in [0.05, 0.1) is 18.7 Å². The largest absolute Gasteiger partial charge is 0.492 e. The summed E-state index contributed by atoms with van der Waals surface area (Å²) in [6.07, 6.45) is -1.85. The van der Waals surface area contributed by atoms with Gasteiger partial charge < -0.3 is 19.9 Å². The second-order valence-electron chi connectivity index (χ2n) is 5.85. The van der Waals surface area contributed by atoms with E-state index in [1.54, 1.807) is 6.33 Å². The van der Waals surface area contributed by atoms with Crippen LogP contribution in [0.5, 0.6) is 5.75 Å².